The molecule has 2 aromatic rings. The highest BCUT2D eigenvalue weighted by Gasteiger charge is 2.25. The lowest BCUT2D eigenvalue weighted by Crippen LogP contribution is -2.08. The van der Waals surface area contributed by atoms with Gasteiger partial charge in [0.2, 0.25) is 0 Å². The smallest absolute Gasteiger partial charge is 0.331 e. The van der Waals surface area contributed by atoms with Crippen LogP contribution in [-0.4, -0.2) is 30.3 Å². The number of benzene rings is 2. The van der Waals surface area contributed by atoms with Crippen LogP contribution in [0.4, 0.5) is 0 Å². The second-order valence-electron chi connectivity index (χ2n) is 5.74. The van der Waals surface area contributed by atoms with Crippen LogP contribution >= 0.6 is 19.4 Å². The summed E-state index contributed by atoms with van der Waals surface area (Å²) in [5.74, 6) is 0. The minimum Gasteiger partial charge on any atom is -0.411 e. The van der Waals surface area contributed by atoms with Crippen molar-refractivity contribution in [3.8, 4) is 0 Å². The molecule has 2 rings (SSSR count). The lowest BCUT2D eigenvalue weighted by molar-refractivity contribution is 0.237. The van der Waals surface area contributed by atoms with Gasteiger partial charge >= 0.3 is 7.60 Å². The van der Waals surface area contributed by atoms with Crippen molar-refractivity contribution in [2.45, 2.75) is 16.2 Å². The molecular formula is C21H24NO4PS. The van der Waals surface area contributed by atoms with Gasteiger partial charge in [-0.05, 0) is 29.8 Å². The maximum absolute atomic E-state index is 12.8. The Labute approximate surface area is 170 Å². The average Bonchev–Trinajstić information content (AvgIpc) is 2.73. The monoisotopic (exact) mass is 417 g/mol. The standard InChI is InChI=1S/C21H24NO4PS/c1-3-15-25-27(24,26-16-4-2)17-14-21(22-23)18-10-12-20(13-11-18)28-19-8-6-5-7-9-19/h3-13,23H,1-2,14-17H2/b22-21+. The van der Waals surface area contributed by atoms with Crippen molar-refractivity contribution in [3.63, 3.8) is 0 Å². The third-order valence-electron chi connectivity index (χ3n) is 3.69. The number of nitrogens with zero attached hydrogens (tertiary/aromatic N) is 1. The molecule has 0 aliphatic heterocycles. The summed E-state index contributed by atoms with van der Waals surface area (Å²) in [5, 5.41) is 12.8. The van der Waals surface area contributed by atoms with E-state index in [-0.39, 0.29) is 25.8 Å². The molecule has 0 heterocycles. The molecule has 0 amide bonds. The van der Waals surface area contributed by atoms with Crippen LogP contribution in [0.5, 0.6) is 0 Å². The van der Waals surface area contributed by atoms with E-state index in [4.69, 9.17) is 9.05 Å². The van der Waals surface area contributed by atoms with E-state index in [1.165, 1.54) is 12.2 Å². The zero-order chi connectivity index (χ0) is 20.2. The highest BCUT2D eigenvalue weighted by atomic mass is 32.2. The lowest BCUT2D eigenvalue weighted by atomic mass is 10.1. The molecule has 0 bridgehead atoms. The highest BCUT2D eigenvalue weighted by Crippen LogP contribution is 2.48. The second kappa shape index (κ2) is 11.7. The Kier molecular flexibility index (Phi) is 9.24. The molecule has 5 nitrogen and oxygen atoms in total. The van der Waals surface area contributed by atoms with E-state index in [1.807, 2.05) is 54.6 Å². The number of hydrogen-bond donors (Lipinski definition) is 1. The fourth-order valence-corrected chi connectivity index (χ4v) is 4.65. The Bertz CT molecular complexity index is 821. The van der Waals surface area contributed by atoms with E-state index in [0.29, 0.717) is 5.71 Å². The van der Waals surface area contributed by atoms with Gasteiger partial charge in [-0.3, -0.25) is 4.57 Å². The molecule has 0 aliphatic carbocycles. The molecule has 0 aliphatic rings. The third-order valence-corrected chi connectivity index (χ3v) is 6.56. The van der Waals surface area contributed by atoms with Gasteiger partial charge in [0.15, 0.2) is 0 Å². The second-order valence-corrected chi connectivity index (χ2v) is 9.07. The van der Waals surface area contributed by atoms with E-state index >= 15 is 0 Å². The Balaban J connectivity index is 2.02. The van der Waals surface area contributed by atoms with Crippen molar-refractivity contribution < 1.29 is 18.8 Å². The summed E-state index contributed by atoms with van der Waals surface area (Å²) in [6, 6.07) is 17.7. The number of rotatable bonds is 12. The minimum atomic E-state index is -3.33. The molecule has 7 heteroatoms. The highest BCUT2D eigenvalue weighted by molar-refractivity contribution is 7.99. The summed E-state index contributed by atoms with van der Waals surface area (Å²) in [5.41, 5.74) is 1.17. The quantitative estimate of drug-likeness (QED) is 0.151. The minimum absolute atomic E-state index is 0.0919. The van der Waals surface area contributed by atoms with Crippen LogP contribution in [0.1, 0.15) is 12.0 Å². The van der Waals surface area contributed by atoms with Crippen molar-refractivity contribution in [3.05, 3.63) is 85.5 Å². The van der Waals surface area contributed by atoms with Crippen molar-refractivity contribution in [1.82, 2.24) is 0 Å². The van der Waals surface area contributed by atoms with Crippen molar-refractivity contribution in [2.24, 2.45) is 5.16 Å². The molecule has 28 heavy (non-hydrogen) atoms. The van der Waals surface area contributed by atoms with Crippen LogP contribution in [-0.2, 0) is 13.6 Å². The summed E-state index contributed by atoms with van der Waals surface area (Å²) in [7, 11) is -3.33. The van der Waals surface area contributed by atoms with Gasteiger partial charge in [-0.2, -0.15) is 0 Å². The summed E-state index contributed by atoms with van der Waals surface area (Å²) in [6.07, 6.45) is 3.35. The maximum atomic E-state index is 12.8. The summed E-state index contributed by atoms with van der Waals surface area (Å²) in [6.45, 7) is 7.34. The third kappa shape index (κ3) is 7.13. The van der Waals surface area contributed by atoms with Crippen LogP contribution < -0.4 is 0 Å². The maximum Gasteiger partial charge on any atom is 0.331 e. The van der Waals surface area contributed by atoms with Crippen LogP contribution in [0.25, 0.3) is 0 Å². The van der Waals surface area contributed by atoms with E-state index in [1.54, 1.807) is 11.8 Å². The van der Waals surface area contributed by atoms with Crippen LogP contribution in [0.3, 0.4) is 0 Å². The molecule has 0 saturated heterocycles. The van der Waals surface area contributed by atoms with Crippen molar-refractivity contribution in [2.75, 3.05) is 19.4 Å². The Morgan fingerprint density at radius 2 is 1.57 bits per heavy atom. The SMILES string of the molecule is C=CCOP(=O)(CC/C(=N\O)c1ccc(Sc2ccccc2)cc1)OCC=C. The molecule has 0 unspecified atom stereocenters. The molecule has 2 aromatic carbocycles. The van der Waals surface area contributed by atoms with E-state index in [0.717, 1.165) is 15.4 Å². The molecule has 148 valence electrons. The number of hydrogen-bond acceptors (Lipinski definition) is 6. The van der Waals surface area contributed by atoms with Gasteiger partial charge in [-0.15, -0.1) is 13.2 Å². The van der Waals surface area contributed by atoms with Crippen LogP contribution in [0.15, 0.2) is 94.9 Å². The van der Waals surface area contributed by atoms with Crippen LogP contribution in [0.2, 0.25) is 0 Å². The van der Waals surface area contributed by atoms with E-state index < -0.39 is 7.60 Å². The Morgan fingerprint density at radius 1 is 1.00 bits per heavy atom. The van der Waals surface area contributed by atoms with Gasteiger partial charge in [-0.25, -0.2) is 0 Å². The van der Waals surface area contributed by atoms with E-state index in [2.05, 4.69) is 18.3 Å². The zero-order valence-electron chi connectivity index (χ0n) is 15.6. The van der Waals surface area contributed by atoms with Gasteiger partial charge in [0.1, 0.15) is 0 Å². The van der Waals surface area contributed by atoms with Crippen molar-refractivity contribution in [1.29, 1.82) is 0 Å². The molecule has 0 aromatic heterocycles. The van der Waals surface area contributed by atoms with Gasteiger partial charge < -0.3 is 14.3 Å². The normalized spacial score (nSPS) is 11.9. The fraction of sp³-hybridized carbons (Fsp3) is 0.190. The van der Waals surface area contributed by atoms with Gasteiger partial charge in [0.05, 0.1) is 25.1 Å². The first-order valence-corrected chi connectivity index (χ1v) is 11.3. The van der Waals surface area contributed by atoms with Gasteiger partial charge in [-0.1, -0.05) is 59.4 Å². The first kappa shape index (κ1) is 22.2. The molecule has 0 radical (unpaired) electrons. The average molecular weight is 417 g/mol. The molecule has 0 fully saturated rings. The summed E-state index contributed by atoms with van der Waals surface area (Å²) < 4.78 is 23.4. The van der Waals surface area contributed by atoms with Gasteiger partial charge in [0, 0.05) is 16.2 Å². The molecule has 0 spiro atoms. The Morgan fingerprint density at radius 3 is 2.11 bits per heavy atom. The van der Waals surface area contributed by atoms with Gasteiger partial charge in [0.25, 0.3) is 0 Å². The lowest BCUT2D eigenvalue weighted by Gasteiger charge is -2.17. The molecular weight excluding hydrogens is 393 g/mol. The Hall–Kier alpha value is -2.11. The predicted octanol–water partition coefficient (Wildman–Crippen LogP) is 6.00. The van der Waals surface area contributed by atoms with E-state index in [9.17, 15) is 9.77 Å². The molecule has 0 atom stereocenters. The van der Waals surface area contributed by atoms with Crippen LogP contribution in [0, 0.1) is 0 Å². The van der Waals surface area contributed by atoms with Crippen molar-refractivity contribution >= 4 is 25.1 Å². The first-order valence-electron chi connectivity index (χ1n) is 8.74. The topological polar surface area (TPSA) is 68.1 Å². The molecule has 0 saturated carbocycles. The first-order chi connectivity index (χ1) is 13.6. The number of oxime groups is 1. The predicted molar refractivity (Wildman–Crippen MR) is 115 cm³/mol. The summed E-state index contributed by atoms with van der Waals surface area (Å²) >= 11 is 1.65. The zero-order valence-corrected chi connectivity index (χ0v) is 17.3. The fourth-order valence-electron chi connectivity index (χ4n) is 2.33. The summed E-state index contributed by atoms with van der Waals surface area (Å²) in [4.78, 5) is 2.22. The molecule has 1 N–H and O–H groups in total. The largest absolute Gasteiger partial charge is 0.411 e.